The predicted octanol–water partition coefficient (Wildman–Crippen LogP) is 4.18. The van der Waals surface area contributed by atoms with Gasteiger partial charge in [0.05, 0.1) is 11.4 Å². The number of carbonyl (C=O) groups is 1. The Bertz CT molecular complexity index is 1660. The molecule has 2 aromatic carbocycles. The molecule has 3 N–H and O–H groups in total. The van der Waals surface area contributed by atoms with Gasteiger partial charge in [-0.25, -0.2) is 5.10 Å². The summed E-state index contributed by atoms with van der Waals surface area (Å²) in [7, 11) is 0. The molecule has 1 atom stereocenters. The summed E-state index contributed by atoms with van der Waals surface area (Å²) in [5.41, 5.74) is 7.63. The van der Waals surface area contributed by atoms with Gasteiger partial charge in [0, 0.05) is 18.7 Å². The van der Waals surface area contributed by atoms with Gasteiger partial charge in [-0.15, -0.1) is 0 Å². The van der Waals surface area contributed by atoms with Crippen LogP contribution in [0.25, 0.3) is 22.2 Å². The monoisotopic (exact) mass is 521 g/mol. The van der Waals surface area contributed by atoms with Gasteiger partial charge in [0.1, 0.15) is 34.4 Å². The molecule has 1 aliphatic carbocycles. The Labute approximate surface area is 224 Å². The van der Waals surface area contributed by atoms with Crippen LogP contribution in [0.2, 0.25) is 0 Å². The first-order chi connectivity index (χ1) is 19.0. The molecule has 0 radical (unpaired) electrons. The molecule has 2 aliphatic rings. The molecule has 196 valence electrons. The van der Waals surface area contributed by atoms with Crippen LogP contribution >= 0.6 is 0 Å². The van der Waals surface area contributed by atoms with Crippen molar-refractivity contribution in [3.05, 3.63) is 76.6 Å². The number of aromatic amines is 1. The predicted molar refractivity (Wildman–Crippen MR) is 146 cm³/mol. The minimum absolute atomic E-state index is 0.165. The van der Waals surface area contributed by atoms with Crippen molar-refractivity contribution in [2.45, 2.75) is 31.7 Å². The number of nitrogen functional groups attached to an aromatic ring is 1. The maximum absolute atomic E-state index is 13.1. The number of amides is 1. The first kappa shape index (κ1) is 24.4. The summed E-state index contributed by atoms with van der Waals surface area (Å²) in [6.07, 6.45) is 5.26. The fourth-order valence-corrected chi connectivity index (χ4v) is 5.05. The number of hydrogen-bond acceptors (Lipinski definition) is 7. The summed E-state index contributed by atoms with van der Waals surface area (Å²) in [4.78, 5) is 27.8. The molecule has 10 heteroatoms. The number of carbonyl (C=O) groups excluding carboxylic acids is 1. The van der Waals surface area contributed by atoms with Gasteiger partial charge < -0.3 is 15.4 Å². The number of hydrogen-bond donors (Lipinski definition) is 2. The topological polar surface area (TPSA) is 143 Å². The Balaban J connectivity index is 1.34. The number of nitrogens with two attached hydrogens (primary N) is 1. The number of benzene rings is 2. The van der Waals surface area contributed by atoms with Gasteiger partial charge in [0.25, 0.3) is 11.5 Å². The highest BCUT2D eigenvalue weighted by Gasteiger charge is 2.31. The van der Waals surface area contributed by atoms with Crippen molar-refractivity contribution < 1.29 is 9.53 Å². The highest BCUT2D eigenvalue weighted by atomic mass is 16.5. The highest BCUT2D eigenvalue weighted by molar-refractivity contribution is 6.00. The van der Waals surface area contributed by atoms with E-state index in [1.807, 2.05) is 54.6 Å². The molecular weight excluding hydrogens is 494 g/mol. The van der Waals surface area contributed by atoms with Crippen LogP contribution in [-0.2, 0) is 4.79 Å². The maximum atomic E-state index is 13.1. The number of aromatic nitrogens is 4. The van der Waals surface area contributed by atoms with E-state index in [0.29, 0.717) is 41.4 Å². The molecule has 6 rings (SSSR count). The highest BCUT2D eigenvalue weighted by Crippen LogP contribution is 2.35. The molecule has 0 bridgehead atoms. The number of allylic oxidation sites excluding steroid dienone is 1. The van der Waals surface area contributed by atoms with E-state index in [0.717, 1.165) is 37.0 Å². The fourth-order valence-electron chi connectivity index (χ4n) is 5.05. The standard InChI is InChI=1S/C29H27N7O3/c30-16-20(15-18-8-9-18)29(38)35-14-4-5-21(17-35)36-26-24(27(31)32-33-28(26)37)25(34-36)19-10-12-23(13-11-19)39-22-6-2-1-3-7-22/h1-3,6-7,10-13,15,18,21H,4-5,8-9,14,17H2,(H2,31,32)(H,33,37). The normalized spacial score (nSPS) is 17.7. The Hall–Kier alpha value is -4.91. The van der Waals surface area contributed by atoms with Crippen LogP contribution in [0.4, 0.5) is 5.82 Å². The second-order valence-electron chi connectivity index (χ2n) is 9.97. The van der Waals surface area contributed by atoms with Gasteiger partial charge in [0.2, 0.25) is 0 Å². The quantitative estimate of drug-likeness (QED) is 0.286. The van der Waals surface area contributed by atoms with E-state index in [-0.39, 0.29) is 23.3 Å². The van der Waals surface area contributed by atoms with E-state index < -0.39 is 5.56 Å². The number of nitrogens with zero attached hydrogens (tertiary/aromatic N) is 5. The lowest BCUT2D eigenvalue weighted by Gasteiger charge is -2.33. The number of nitrogens with one attached hydrogen (secondary N) is 1. The van der Waals surface area contributed by atoms with Crippen molar-refractivity contribution in [3.8, 4) is 28.8 Å². The first-order valence-corrected chi connectivity index (χ1v) is 13.0. The molecule has 2 aromatic heterocycles. The molecular formula is C29H27N7O3. The molecule has 2 fully saturated rings. The lowest BCUT2D eigenvalue weighted by atomic mass is 10.0. The number of rotatable bonds is 6. The first-order valence-electron chi connectivity index (χ1n) is 13.0. The molecule has 4 aromatic rings. The zero-order valence-corrected chi connectivity index (χ0v) is 21.2. The largest absolute Gasteiger partial charge is 0.457 e. The third-order valence-electron chi connectivity index (χ3n) is 7.17. The lowest BCUT2D eigenvalue weighted by molar-refractivity contribution is -0.128. The molecule has 1 saturated carbocycles. The second-order valence-corrected chi connectivity index (χ2v) is 9.97. The summed E-state index contributed by atoms with van der Waals surface area (Å²) >= 11 is 0. The Morgan fingerprint density at radius 2 is 1.85 bits per heavy atom. The number of para-hydroxylation sites is 1. The van der Waals surface area contributed by atoms with Crippen LogP contribution in [0.15, 0.2) is 71.0 Å². The van der Waals surface area contributed by atoms with E-state index in [4.69, 9.17) is 15.6 Å². The van der Waals surface area contributed by atoms with Crippen LogP contribution in [-0.4, -0.2) is 43.9 Å². The SMILES string of the molecule is N#CC(=CC1CC1)C(=O)N1CCCC(n2nc(-c3ccc(Oc4ccccc4)cc3)c3c(N)n[nH]c(=O)c32)C1. The Morgan fingerprint density at radius 3 is 2.56 bits per heavy atom. The summed E-state index contributed by atoms with van der Waals surface area (Å²) in [6.45, 7) is 0.887. The number of likely N-dealkylation sites (tertiary alicyclic amines) is 1. The molecule has 1 amide bonds. The van der Waals surface area contributed by atoms with Crippen LogP contribution in [0, 0.1) is 17.2 Å². The molecule has 0 spiro atoms. The molecule has 10 nitrogen and oxygen atoms in total. The van der Waals surface area contributed by atoms with E-state index in [2.05, 4.69) is 16.3 Å². The average molecular weight is 522 g/mol. The second kappa shape index (κ2) is 10.1. The summed E-state index contributed by atoms with van der Waals surface area (Å²) in [5.74, 6) is 1.60. The van der Waals surface area contributed by atoms with Gasteiger partial charge in [-0.05, 0) is 68.0 Å². The average Bonchev–Trinajstić information content (AvgIpc) is 3.70. The minimum atomic E-state index is -0.406. The van der Waals surface area contributed by atoms with Crippen molar-refractivity contribution in [2.75, 3.05) is 18.8 Å². The smallest absolute Gasteiger partial charge is 0.290 e. The zero-order valence-electron chi connectivity index (χ0n) is 21.2. The van der Waals surface area contributed by atoms with Crippen LogP contribution < -0.4 is 16.0 Å². The van der Waals surface area contributed by atoms with E-state index in [1.165, 1.54) is 0 Å². The van der Waals surface area contributed by atoms with Crippen LogP contribution in [0.3, 0.4) is 0 Å². The van der Waals surface area contributed by atoms with Crippen molar-refractivity contribution >= 4 is 22.6 Å². The molecule has 1 aliphatic heterocycles. The number of nitriles is 1. The van der Waals surface area contributed by atoms with Crippen LogP contribution in [0.5, 0.6) is 11.5 Å². The van der Waals surface area contributed by atoms with Gasteiger partial charge >= 0.3 is 0 Å². The minimum Gasteiger partial charge on any atom is -0.457 e. The van der Waals surface area contributed by atoms with Gasteiger partial charge in [0.15, 0.2) is 5.82 Å². The molecule has 1 saturated heterocycles. The Kier molecular flexibility index (Phi) is 6.32. The summed E-state index contributed by atoms with van der Waals surface area (Å²) < 4.78 is 7.58. The van der Waals surface area contributed by atoms with Crippen molar-refractivity contribution in [1.82, 2.24) is 24.9 Å². The Morgan fingerprint density at radius 1 is 1.10 bits per heavy atom. The van der Waals surface area contributed by atoms with Crippen molar-refractivity contribution in [1.29, 1.82) is 5.26 Å². The van der Waals surface area contributed by atoms with Crippen LogP contribution in [0.1, 0.15) is 31.7 Å². The summed E-state index contributed by atoms with van der Waals surface area (Å²) in [6, 6.07) is 18.7. The lowest BCUT2D eigenvalue weighted by Crippen LogP contribution is -2.41. The number of H-pyrrole nitrogens is 1. The van der Waals surface area contributed by atoms with E-state index in [9.17, 15) is 14.9 Å². The van der Waals surface area contributed by atoms with E-state index >= 15 is 0 Å². The molecule has 1 unspecified atom stereocenters. The third kappa shape index (κ3) is 4.86. The number of fused-ring (bicyclic) bond motifs is 1. The summed E-state index contributed by atoms with van der Waals surface area (Å²) in [5, 5.41) is 21.3. The van der Waals surface area contributed by atoms with Gasteiger partial charge in [-0.2, -0.15) is 15.5 Å². The number of piperidine rings is 1. The zero-order chi connectivity index (χ0) is 26.9. The number of ether oxygens (including phenoxy) is 1. The van der Waals surface area contributed by atoms with E-state index in [1.54, 1.807) is 15.7 Å². The third-order valence-corrected chi connectivity index (χ3v) is 7.17. The van der Waals surface area contributed by atoms with Gasteiger partial charge in [-0.3, -0.25) is 14.3 Å². The van der Waals surface area contributed by atoms with Crippen molar-refractivity contribution in [2.24, 2.45) is 5.92 Å². The number of anilines is 1. The molecule has 39 heavy (non-hydrogen) atoms. The fraction of sp³-hybridized carbons (Fsp3) is 0.276. The van der Waals surface area contributed by atoms with Gasteiger partial charge in [-0.1, -0.05) is 24.3 Å². The van der Waals surface area contributed by atoms with Crippen molar-refractivity contribution in [3.63, 3.8) is 0 Å². The maximum Gasteiger partial charge on any atom is 0.290 e. The molecule has 3 heterocycles.